The van der Waals surface area contributed by atoms with E-state index in [2.05, 4.69) is 5.32 Å². The molecule has 0 radical (unpaired) electrons. The molecular weight excluding hydrogens is 269 g/mol. The van der Waals surface area contributed by atoms with Crippen molar-refractivity contribution < 1.29 is 17.6 Å². The second-order valence-electron chi connectivity index (χ2n) is 5.08. The SMILES string of the molecule is C[C@H]1CNCCN1c1cc(C(F)(F)F)cc2ccoc12. The third-order valence-electron chi connectivity index (χ3n) is 3.67. The molecule has 0 unspecified atom stereocenters. The van der Waals surface area contributed by atoms with Gasteiger partial charge in [-0.3, -0.25) is 0 Å². The summed E-state index contributed by atoms with van der Waals surface area (Å²) in [6.45, 7) is 4.15. The Morgan fingerprint density at radius 1 is 1.35 bits per heavy atom. The summed E-state index contributed by atoms with van der Waals surface area (Å²) >= 11 is 0. The molecular formula is C14H15F3N2O. The van der Waals surface area contributed by atoms with Crippen molar-refractivity contribution in [2.75, 3.05) is 24.5 Å². The van der Waals surface area contributed by atoms with Gasteiger partial charge in [0.05, 0.1) is 17.5 Å². The summed E-state index contributed by atoms with van der Waals surface area (Å²) in [5, 5.41) is 3.71. The van der Waals surface area contributed by atoms with E-state index in [9.17, 15) is 13.2 Å². The number of fused-ring (bicyclic) bond motifs is 1. The summed E-state index contributed by atoms with van der Waals surface area (Å²) in [5.74, 6) is 0. The monoisotopic (exact) mass is 284 g/mol. The van der Waals surface area contributed by atoms with Crippen LogP contribution in [0.3, 0.4) is 0 Å². The van der Waals surface area contributed by atoms with E-state index in [0.29, 0.717) is 23.2 Å². The predicted octanol–water partition coefficient (Wildman–Crippen LogP) is 3.25. The van der Waals surface area contributed by atoms with E-state index >= 15 is 0 Å². The molecule has 3 rings (SSSR count). The predicted molar refractivity (Wildman–Crippen MR) is 70.9 cm³/mol. The second kappa shape index (κ2) is 4.70. The van der Waals surface area contributed by atoms with E-state index in [1.165, 1.54) is 12.3 Å². The Labute approximate surface area is 114 Å². The highest BCUT2D eigenvalue weighted by molar-refractivity contribution is 5.90. The fourth-order valence-corrected chi connectivity index (χ4v) is 2.64. The van der Waals surface area contributed by atoms with Gasteiger partial charge < -0.3 is 14.6 Å². The van der Waals surface area contributed by atoms with Crippen molar-refractivity contribution in [1.82, 2.24) is 5.32 Å². The molecule has 108 valence electrons. The lowest BCUT2D eigenvalue weighted by molar-refractivity contribution is -0.137. The Bertz CT molecular complexity index is 620. The van der Waals surface area contributed by atoms with Gasteiger partial charge in [0, 0.05) is 31.1 Å². The van der Waals surface area contributed by atoms with E-state index in [1.54, 1.807) is 6.07 Å². The van der Waals surface area contributed by atoms with Crippen LogP contribution in [0, 0.1) is 0 Å². The van der Waals surface area contributed by atoms with Crippen LogP contribution in [0.1, 0.15) is 12.5 Å². The van der Waals surface area contributed by atoms with E-state index in [1.807, 2.05) is 11.8 Å². The van der Waals surface area contributed by atoms with Gasteiger partial charge in [0.25, 0.3) is 0 Å². The van der Waals surface area contributed by atoms with Crippen molar-refractivity contribution in [2.24, 2.45) is 0 Å². The molecule has 20 heavy (non-hydrogen) atoms. The molecule has 1 atom stereocenters. The number of hydrogen-bond acceptors (Lipinski definition) is 3. The molecule has 0 saturated carbocycles. The zero-order valence-electron chi connectivity index (χ0n) is 11.0. The van der Waals surface area contributed by atoms with Gasteiger partial charge in [0.15, 0.2) is 5.58 Å². The van der Waals surface area contributed by atoms with Crippen molar-refractivity contribution in [3.63, 3.8) is 0 Å². The molecule has 1 aliphatic rings. The summed E-state index contributed by atoms with van der Waals surface area (Å²) < 4.78 is 44.4. The van der Waals surface area contributed by atoms with Crippen molar-refractivity contribution in [3.8, 4) is 0 Å². The first-order valence-corrected chi connectivity index (χ1v) is 6.52. The van der Waals surface area contributed by atoms with E-state index < -0.39 is 11.7 Å². The number of alkyl halides is 3. The van der Waals surface area contributed by atoms with Crippen molar-refractivity contribution in [1.29, 1.82) is 0 Å². The maximum atomic E-state index is 13.0. The average molecular weight is 284 g/mol. The number of rotatable bonds is 1. The third kappa shape index (κ3) is 2.24. The van der Waals surface area contributed by atoms with Gasteiger partial charge in [-0.1, -0.05) is 0 Å². The van der Waals surface area contributed by atoms with Crippen LogP contribution in [0.2, 0.25) is 0 Å². The minimum atomic E-state index is -4.35. The van der Waals surface area contributed by atoms with Gasteiger partial charge in [-0.05, 0) is 25.1 Å². The van der Waals surface area contributed by atoms with Crippen LogP contribution in [0.5, 0.6) is 0 Å². The van der Waals surface area contributed by atoms with Crippen LogP contribution in [-0.2, 0) is 6.18 Å². The zero-order chi connectivity index (χ0) is 14.3. The summed E-state index contributed by atoms with van der Waals surface area (Å²) in [4.78, 5) is 1.97. The molecule has 1 aliphatic heterocycles. The number of nitrogens with zero attached hydrogens (tertiary/aromatic N) is 1. The van der Waals surface area contributed by atoms with Crippen molar-refractivity contribution >= 4 is 16.7 Å². The Hall–Kier alpha value is -1.69. The minimum absolute atomic E-state index is 0.125. The number of hydrogen-bond donors (Lipinski definition) is 1. The largest absolute Gasteiger partial charge is 0.462 e. The first kappa shape index (κ1) is 13.3. The lowest BCUT2D eigenvalue weighted by Crippen LogP contribution is -2.50. The first-order chi connectivity index (χ1) is 9.47. The molecule has 1 aromatic carbocycles. The molecule has 3 nitrogen and oxygen atoms in total. The van der Waals surface area contributed by atoms with Crippen LogP contribution >= 0.6 is 0 Å². The van der Waals surface area contributed by atoms with Gasteiger partial charge in [0.2, 0.25) is 0 Å². The fourth-order valence-electron chi connectivity index (χ4n) is 2.64. The molecule has 0 aliphatic carbocycles. The van der Waals surface area contributed by atoms with Crippen LogP contribution in [0.15, 0.2) is 28.9 Å². The Kier molecular flexibility index (Phi) is 3.12. The van der Waals surface area contributed by atoms with Crippen LogP contribution < -0.4 is 10.2 Å². The lowest BCUT2D eigenvalue weighted by Gasteiger charge is -2.36. The maximum Gasteiger partial charge on any atom is 0.416 e. The molecule has 0 spiro atoms. The van der Waals surface area contributed by atoms with Crippen molar-refractivity contribution in [3.05, 3.63) is 30.0 Å². The van der Waals surface area contributed by atoms with Crippen LogP contribution in [0.4, 0.5) is 18.9 Å². The van der Waals surface area contributed by atoms with Gasteiger partial charge in [-0.25, -0.2) is 0 Å². The highest BCUT2D eigenvalue weighted by atomic mass is 19.4. The zero-order valence-corrected chi connectivity index (χ0v) is 11.0. The summed E-state index contributed by atoms with van der Waals surface area (Å²) in [5.41, 5.74) is 0.410. The third-order valence-corrected chi connectivity index (χ3v) is 3.67. The average Bonchev–Trinajstić information content (AvgIpc) is 2.85. The summed E-state index contributed by atoms with van der Waals surface area (Å²) in [6.07, 6.45) is -2.92. The molecule has 2 aromatic rings. The number of piperazine rings is 1. The molecule has 1 N–H and O–H groups in total. The highest BCUT2D eigenvalue weighted by Gasteiger charge is 2.33. The molecule has 0 bridgehead atoms. The van der Waals surface area contributed by atoms with E-state index in [4.69, 9.17) is 4.42 Å². The molecule has 1 saturated heterocycles. The first-order valence-electron chi connectivity index (χ1n) is 6.52. The quantitative estimate of drug-likeness (QED) is 0.871. The van der Waals surface area contributed by atoms with E-state index in [-0.39, 0.29) is 6.04 Å². The fraction of sp³-hybridized carbons (Fsp3) is 0.429. The number of halogens is 3. The molecule has 0 amide bonds. The Balaban J connectivity index is 2.14. The molecule has 1 fully saturated rings. The Morgan fingerprint density at radius 2 is 2.15 bits per heavy atom. The maximum absolute atomic E-state index is 13.0. The smallest absolute Gasteiger partial charge is 0.416 e. The summed E-state index contributed by atoms with van der Waals surface area (Å²) in [7, 11) is 0. The summed E-state index contributed by atoms with van der Waals surface area (Å²) in [6, 6.07) is 4.02. The second-order valence-corrected chi connectivity index (χ2v) is 5.08. The van der Waals surface area contributed by atoms with Gasteiger partial charge in [0.1, 0.15) is 0 Å². The van der Waals surface area contributed by atoms with Gasteiger partial charge in [-0.15, -0.1) is 0 Å². The molecule has 1 aromatic heterocycles. The molecule has 6 heteroatoms. The molecule has 2 heterocycles. The van der Waals surface area contributed by atoms with Gasteiger partial charge >= 0.3 is 6.18 Å². The number of nitrogens with one attached hydrogen (secondary N) is 1. The lowest BCUT2D eigenvalue weighted by atomic mass is 10.1. The Morgan fingerprint density at radius 3 is 2.85 bits per heavy atom. The van der Waals surface area contributed by atoms with Crippen molar-refractivity contribution in [2.45, 2.75) is 19.1 Å². The number of benzene rings is 1. The highest BCUT2D eigenvalue weighted by Crippen LogP contribution is 2.37. The number of anilines is 1. The van der Waals surface area contributed by atoms with Gasteiger partial charge in [-0.2, -0.15) is 13.2 Å². The topological polar surface area (TPSA) is 28.4 Å². The van der Waals surface area contributed by atoms with Crippen LogP contribution in [-0.4, -0.2) is 25.7 Å². The number of furan rings is 1. The van der Waals surface area contributed by atoms with E-state index in [0.717, 1.165) is 19.2 Å². The minimum Gasteiger partial charge on any atom is -0.462 e. The van der Waals surface area contributed by atoms with Crippen LogP contribution in [0.25, 0.3) is 11.0 Å². The normalized spacial score (nSPS) is 20.6. The standard InChI is InChI=1S/C14H15F3N2O/c1-9-8-18-3-4-19(9)12-7-11(14(15,16)17)6-10-2-5-20-13(10)12/h2,5-7,9,18H,3-4,8H2,1H3/t9-/m0/s1.